The minimum absolute atomic E-state index is 0.0313. The van der Waals surface area contributed by atoms with Gasteiger partial charge in [-0.25, -0.2) is 0 Å². The Labute approximate surface area is 260 Å². The molecule has 42 heavy (non-hydrogen) atoms. The summed E-state index contributed by atoms with van der Waals surface area (Å²) in [7, 11) is -4.85. The van der Waals surface area contributed by atoms with Crippen LogP contribution in [0.15, 0.2) is 48.5 Å². The summed E-state index contributed by atoms with van der Waals surface area (Å²) in [5, 5.41) is 0.940. The van der Waals surface area contributed by atoms with Gasteiger partial charge < -0.3 is 0 Å². The molecule has 2 rings (SSSR count). The molecule has 2 N–H and O–H groups in total. The van der Waals surface area contributed by atoms with Crippen LogP contribution < -0.4 is 10.6 Å². The third kappa shape index (κ3) is 10.7. The van der Waals surface area contributed by atoms with Gasteiger partial charge in [-0.2, -0.15) is 0 Å². The number of benzene rings is 2. The van der Waals surface area contributed by atoms with Crippen LogP contribution in [0.4, 0.5) is 0 Å². The van der Waals surface area contributed by atoms with Gasteiger partial charge in [0, 0.05) is 0 Å². The van der Waals surface area contributed by atoms with Gasteiger partial charge in [0.2, 0.25) is 0 Å². The van der Waals surface area contributed by atoms with E-state index in [4.69, 9.17) is 4.52 Å². The molecule has 0 atom stereocenters. The van der Waals surface area contributed by atoms with Crippen LogP contribution >= 0.6 is 7.28 Å². The third-order valence-electron chi connectivity index (χ3n) is 8.51. The number of hydrogen-bond donors (Lipinski definition) is 2. The zero-order valence-electron chi connectivity index (χ0n) is 29.1. The van der Waals surface area contributed by atoms with Crippen LogP contribution in [0.1, 0.15) is 151 Å². The molecule has 0 aliphatic carbocycles. The van der Waals surface area contributed by atoms with E-state index in [2.05, 4.69) is 100 Å². The molecule has 0 radical (unpaired) electrons. The molecule has 0 saturated carbocycles. The van der Waals surface area contributed by atoms with Crippen molar-refractivity contribution in [1.82, 2.24) is 0 Å². The molecule has 0 heterocycles. The van der Waals surface area contributed by atoms with E-state index in [9.17, 15) is 9.79 Å². The second kappa shape index (κ2) is 14.2. The Kier molecular flexibility index (Phi) is 12.5. The minimum atomic E-state index is -4.85. The van der Waals surface area contributed by atoms with Crippen LogP contribution in [0.25, 0.3) is 0 Å². The maximum atomic E-state index is 12.3. The van der Waals surface area contributed by atoms with Crippen LogP contribution in [0.5, 0.6) is 0 Å². The molecule has 0 aliphatic rings. The quantitative estimate of drug-likeness (QED) is 0.149. The van der Waals surface area contributed by atoms with E-state index >= 15 is 0 Å². The van der Waals surface area contributed by atoms with E-state index in [1.807, 2.05) is 24.3 Å². The van der Waals surface area contributed by atoms with E-state index < -0.39 is 7.28 Å². The molecule has 0 aliphatic heterocycles. The molecule has 3 nitrogen and oxygen atoms in total. The van der Waals surface area contributed by atoms with Crippen molar-refractivity contribution in [1.29, 1.82) is 0 Å². The first-order chi connectivity index (χ1) is 19.2. The van der Waals surface area contributed by atoms with Crippen molar-refractivity contribution >= 4 is 17.9 Å². The Morgan fingerprint density at radius 2 is 0.857 bits per heavy atom. The second-order valence-corrected chi connectivity index (χ2v) is 19.8. The monoisotopic (exact) mass is 600 g/mol. The van der Waals surface area contributed by atoms with Crippen molar-refractivity contribution in [3.05, 3.63) is 59.7 Å². The maximum absolute atomic E-state index is 12.3. The predicted octanol–water partition coefficient (Wildman–Crippen LogP) is 10.5. The molecule has 0 fully saturated rings. The van der Waals surface area contributed by atoms with Crippen molar-refractivity contribution in [2.45, 2.75) is 151 Å². The number of rotatable bonds is 16. The van der Waals surface area contributed by atoms with Gasteiger partial charge in [0.1, 0.15) is 0 Å². The molecule has 0 saturated heterocycles. The van der Waals surface area contributed by atoms with Gasteiger partial charge in [0.05, 0.1) is 0 Å². The Balaban J connectivity index is 2.36. The molecule has 0 amide bonds. The van der Waals surface area contributed by atoms with Gasteiger partial charge in [-0.1, -0.05) is 0 Å². The van der Waals surface area contributed by atoms with E-state index in [1.54, 1.807) is 0 Å². The summed E-state index contributed by atoms with van der Waals surface area (Å²) in [5.41, 5.74) is 2.71. The molecule has 4 heteroatoms. The summed E-state index contributed by atoms with van der Waals surface area (Å²) in [6.07, 6.45) is 11.5. The number of hydrogen-bond acceptors (Lipinski definition) is 3. The van der Waals surface area contributed by atoms with Crippen molar-refractivity contribution in [2.75, 3.05) is 6.61 Å². The third-order valence-corrected chi connectivity index (χ3v) is 11.6. The first kappa shape index (κ1) is 36.9. The van der Waals surface area contributed by atoms with Gasteiger partial charge in [-0.15, -0.1) is 0 Å². The van der Waals surface area contributed by atoms with Gasteiger partial charge in [0.15, 0.2) is 0 Å². The van der Waals surface area contributed by atoms with Gasteiger partial charge in [-0.05, 0) is 0 Å². The Hall–Kier alpha value is -1.25. The molecule has 0 aromatic heterocycles. The zero-order chi connectivity index (χ0) is 31.9. The van der Waals surface area contributed by atoms with Gasteiger partial charge in [0.25, 0.3) is 0 Å². The summed E-state index contributed by atoms with van der Waals surface area (Å²) in [6, 6.07) is 15.8. The second-order valence-electron chi connectivity index (χ2n) is 16.6. The van der Waals surface area contributed by atoms with Crippen molar-refractivity contribution < 1.29 is 14.3 Å². The average Bonchev–Trinajstić information content (AvgIpc) is 2.85. The van der Waals surface area contributed by atoms with Crippen LogP contribution in [0.3, 0.4) is 0 Å². The zero-order valence-corrected chi connectivity index (χ0v) is 30.0. The van der Waals surface area contributed by atoms with E-state index in [-0.39, 0.29) is 21.7 Å². The Bertz CT molecular complexity index is 1010. The summed E-state index contributed by atoms with van der Waals surface area (Å²) in [6.45, 7) is 25.2. The predicted molar refractivity (Wildman–Crippen MR) is 186 cm³/mol. The summed E-state index contributed by atoms with van der Waals surface area (Å²) in [5.74, 6) is 0. The molecule has 2 aromatic carbocycles. The first-order valence-corrected chi connectivity index (χ1v) is 18.6. The average molecular weight is 601 g/mol. The van der Waals surface area contributed by atoms with E-state index in [0.717, 1.165) is 32.1 Å². The molecule has 0 bridgehead atoms. The van der Waals surface area contributed by atoms with Crippen LogP contribution in [-0.4, -0.2) is 16.4 Å². The molecular weight excluding hydrogens is 535 g/mol. The molecule has 2 aromatic rings. The first-order valence-electron chi connectivity index (χ1n) is 16.6. The fourth-order valence-corrected chi connectivity index (χ4v) is 9.43. The van der Waals surface area contributed by atoms with E-state index in [0.29, 0.717) is 17.2 Å². The van der Waals surface area contributed by atoms with Crippen molar-refractivity contribution in [2.24, 2.45) is 10.8 Å². The standard InChI is InChI=1S/C38H65O3P/c1-12-13-14-15-16-17-18-19-28-41-42(39,40,33-24-20-31(21-25-33)37(8,9)29-35(2,3)4)34-26-22-32(23-27-34)38(10,11)30-36(5,6)7/h20-27,39-40H,12-19,28-30H2,1-11H3. The topological polar surface area (TPSA) is 49.7 Å². The van der Waals surface area contributed by atoms with Crippen molar-refractivity contribution in [3.8, 4) is 0 Å². The fourth-order valence-electron chi connectivity index (χ4n) is 6.99. The Morgan fingerprint density at radius 3 is 1.19 bits per heavy atom. The fraction of sp³-hybridized carbons (Fsp3) is 0.684. The van der Waals surface area contributed by atoms with Crippen LogP contribution in [0, 0.1) is 10.8 Å². The van der Waals surface area contributed by atoms with Crippen molar-refractivity contribution in [3.63, 3.8) is 0 Å². The summed E-state index contributed by atoms with van der Waals surface area (Å²) >= 11 is 0. The molecule has 0 spiro atoms. The van der Waals surface area contributed by atoms with Gasteiger partial charge in [-0.3, -0.25) is 0 Å². The summed E-state index contributed by atoms with van der Waals surface area (Å²) < 4.78 is 6.29. The number of unbranched alkanes of at least 4 members (excludes halogenated alkanes) is 7. The van der Waals surface area contributed by atoms with Gasteiger partial charge >= 0.3 is 260 Å². The Morgan fingerprint density at radius 1 is 0.524 bits per heavy atom. The summed E-state index contributed by atoms with van der Waals surface area (Å²) in [4.78, 5) is 24.7. The van der Waals surface area contributed by atoms with Crippen LogP contribution in [-0.2, 0) is 15.4 Å². The molecule has 0 unspecified atom stereocenters. The molecule has 240 valence electrons. The molecular formula is C38H65O3P. The SMILES string of the molecule is CCCCCCCCCCOP(O)(O)(c1ccc(C(C)(C)CC(C)(C)C)cc1)c1ccc(C(C)(C)CC(C)(C)C)cc1. The normalized spacial score (nSPS) is 14.5. The van der Waals surface area contributed by atoms with E-state index in [1.165, 1.54) is 43.2 Å². The van der Waals surface area contributed by atoms with Crippen LogP contribution in [0.2, 0.25) is 0 Å².